The van der Waals surface area contributed by atoms with Gasteiger partial charge in [0, 0.05) is 25.7 Å². The number of carbonyl (C=O) groups is 2. The van der Waals surface area contributed by atoms with E-state index in [1.807, 2.05) is 31.3 Å². The summed E-state index contributed by atoms with van der Waals surface area (Å²) < 4.78 is 4.79. The number of esters is 1. The quantitative estimate of drug-likeness (QED) is 0.600. The van der Waals surface area contributed by atoms with Crippen molar-refractivity contribution in [2.45, 2.75) is 32.4 Å². The average Bonchev–Trinajstić information content (AvgIpc) is 2.47. The van der Waals surface area contributed by atoms with Gasteiger partial charge < -0.3 is 20.5 Å². The Morgan fingerprint density at radius 2 is 1.95 bits per heavy atom. The fourth-order valence-electron chi connectivity index (χ4n) is 1.84. The fourth-order valence-corrected chi connectivity index (χ4v) is 1.84. The lowest BCUT2D eigenvalue weighted by molar-refractivity contribution is -0.144. The Morgan fingerprint density at radius 3 is 2.48 bits per heavy atom. The maximum atomic E-state index is 11.3. The van der Waals surface area contributed by atoms with Crippen molar-refractivity contribution in [1.82, 2.24) is 5.32 Å². The summed E-state index contributed by atoms with van der Waals surface area (Å²) in [4.78, 5) is 22.4. The van der Waals surface area contributed by atoms with Crippen molar-refractivity contribution >= 4 is 17.6 Å². The van der Waals surface area contributed by atoms with Crippen molar-refractivity contribution in [2.24, 2.45) is 0 Å². The molecule has 3 N–H and O–H groups in total. The molecule has 0 heterocycles. The first-order valence-electron chi connectivity index (χ1n) is 6.95. The van der Waals surface area contributed by atoms with Crippen molar-refractivity contribution in [3.63, 3.8) is 0 Å². The molecule has 21 heavy (non-hydrogen) atoms. The van der Waals surface area contributed by atoms with Gasteiger partial charge in [0.25, 0.3) is 0 Å². The number of rotatable bonds is 9. The van der Waals surface area contributed by atoms with Gasteiger partial charge in [0.15, 0.2) is 0 Å². The lowest BCUT2D eigenvalue weighted by Crippen LogP contribution is -2.36. The maximum absolute atomic E-state index is 11.3. The summed E-state index contributed by atoms with van der Waals surface area (Å²) >= 11 is 0. The summed E-state index contributed by atoms with van der Waals surface area (Å²) in [7, 11) is 1.84. The Balaban J connectivity index is 2.46. The molecule has 0 saturated heterocycles. The van der Waals surface area contributed by atoms with Crippen LogP contribution in [0.15, 0.2) is 24.3 Å². The monoisotopic (exact) mass is 294 g/mol. The molecule has 1 aromatic carbocycles. The number of hydrogen-bond acceptors (Lipinski definition) is 5. The molecule has 0 aliphatic carbocycles. The zero-order valence-electron chi connectivity index (χ0n) is 12.4. The first kappa shape index (κ1) is 17.0. The van der Waals surface area contributed by atoms with Crippen LogP contribution in [0.25, 0.3) is 0 Å². The van der Waals surface area contributed by atoms with Gasteiger partial charge in [-0.15, -0.1) is 0 Å². The van der Waals surface area contributed by atoms with Crippen LogP contribution in [-0.4, -0.2) is 36.7 Å². The van der Waals surface area contributed by atoms with Crippen LogP contribution >= 0.6 is 0 Å². The second-order valence-corrected chi connectivity index (χ2v) is 4.56. The van der Waals surface area contributed by atoms with Crippen LogP contribution in [0.3, 0.4) is 0 Å². The number of carboxylic acid groups (broad SMARTS) is 1. The lowest BCUT2D eigenvalue weighted by Gasteiger charge is -2.14. The third-order valence-corrected chi connectivity index (χ3v) is 3.04. The van der Waals surface area contributed by atoms with Gasteiger partial charge in [0.05, 0.1) is 6.61 Å². The number of carboxylic acids is 1. The summed E-state index contributed by atoms with van der Waals surface area (Å²) in [5.41, 5.74) is 1.98. The Morgan fingerprint density at radius 1 is 1.29 bits per heavy atom. The molecule has 0 fully saturated rings. The van der Waals surface area contributed by atoms with Crippen LogP contribution in [0, 0.1) is 0 Å². The smallest absolute Gasteiger partial charge is 0.320 e. The van der Waals surface area contributed by atoms with E-state index in [2.05, 4.69) is 10.6 Å². The Kier molecular flexibility index (Phi) is 7.25. The minimum absolute atomic E-state index is 0.0937. The Labute approximate surface area is 124 Å². The van der Waals surface area contributed by atoms with E-state index in [1.165, 1.54) is 0 Å². The average molecular weight is 294 g/mol. The fraction of sp³-hybridized carbons (Fsp3) is 0.467. The van der Waals surface area contributed by atoms with E-state index in [-0.39, 0.29) is 18.8 Å². The van der Waals surface area contributed by atoms with Gasteiger partial charge in [0.1, 0.15) is 6.04 Å². The molecule has 0 amide bonds. The van der Waals surface area contributed by atoms with Gasteiger partial charge in [-0.25, -0.2) is 0 Å². The van der Waals surface area contributed by atoms with Gasteiger partial charge in [-0.05, 0) is 31.0 Å². The minimum Gasteiger partial charge on any atom is -0.480 e. The second-order valence-electron chi connectivity index (χ2n) is 4.56. The van der Waals surface area contributed by atoms with Crippen molar-refractivity contribution in [3.05, 3.63) is 29.8 Å². The number of aliphatic carboxylic acids is 1. The first-order valence-corrected chi connectivity index (χ1v) is 6.95. The number of hydrogen-bond donors (Lipinski definition) is 3. The zero-order valence-corrected chi connectivity index (χ0v) is 12.4. The predicted molar refractivity (Wildman–Crippen MR) is 80.1 cm³/mol. The van der Waals surface area contributed by atoms with Gasteiger partial charge in [-0.3, -0.25) is 9.59 Å². The van der Waals surface area contributed by atoms with E-state index in [4.69, 9.17) is 9.84 Å². The van der Waals surface area contributed by atoms with Gasteiger partial charge in [-0.2, -0.15) is 0 Å². The van der Waals surface area contributed by atoms with Crippen molar-refractivity contribution in [3.8, 4) is 0 Å². The lowest BCUT2D eigenvalue weighted by atomic mass is 10.1. The molecule has 0 aliphatic rings. The van der Waals surface area contributed by atoms with Crippen molar-refractivity contribution in [1.29, 1.82) is 0 Å². The minimum atomic E-state index is -0.967. The van der Waals surface area contributed by atoms with Crippen LogP contribution in [0.2, 0.25) is 0 Å². The SMILES string of the molecule is CCOC(=O)CC[C@H](NCc1ccc(NC)cc1)C(=O)O. The van der Waals surface area contributed by atoms with Crippen molar-refractivity contribution < 1.29 is 19.4 Å². The van der Waals surface area contributed by atoms with Crippen LogP contribution < -0.4 is 10.6 Å². The highest BCUT2D eigenvalue weighted by molar-refractivity contribution is 5.75. The number of carbonyl (C=O) groups excluding carboxylic acids is 1. The highest BCUT2D eigenvalue weighted by Crippen LogP contribution is 2.09. The van der Waals surface area contributed by atoms with Gasteiger partial charge >= 0.3 is 11.9 Å². The molecular weight excluding hydrogens is 272 g/mol. The molecule has 0 aliphatic heterocycles. The molecule has 6 heteroatoms. The van der Waals surface area contributed by atoms with Crippen LogP contribution in [-0.2, 0) is 20.9 Å². The molecule has 1 aromatic rings. The standard InChI is InChI=1S/C15H22N2O4/c1-3-21-14(18)9-8-13(15(19)20)17-10-11-4-6-12(16-2)7-5-11/h4-7,13,16-17H,3,8-10H2,1-2H3,(H,19,20)/t13-/m0/s1. The normalized spacial score (nSPS) is 11.7. The number of benzene rings is 1. The summed E-state index contributed by atoms with van der Waals surface area (Å²) in [6.07, 6.45) is 0.305. The Bertz CT molecular complexity index is 459. The van der Waals surface area contributed by atoms with E-state index < -0.39 is 12.0 Å². The van der Waals surface area contributed by atoms with Gasteiger partial charge in [0.2, 0.25) is 0 Å². The summed E-state index contributed by atoms with van der Waals surface area (Å²) in [6.45, 7) is 2.46. The van der Waals surface area contributed by atoms with E-state index in [0.717, 1.165) is 11.3 Å². The molecule has 0 unspecified atom stereocenters. The van der Waals surface area contributed by atoms with E-state index in [1.54, 1.807) is 6.92 Å². The molecular formula is C15H22N2O4. The van der Waals surface area contributed by atoms with E-state index >= 15 is 0 Å². The van der Waals surface area contributed by atoms with E-state index in [0.29, 0.717) is 13.2 Å². The number of ether oxygens (including phenoxy) is 1. The molecule has 0 bridgehead atoms. The molecule has 1 rings (SSSR count). The number of anilines is 1. The Hall–Kier alpha value is -2.08. The molecule has 0 saturated carbocycles. The maximum Gasteiger partial charge on any atom is 0.320 e. The molecule has 6 nitrogen and oxygen atoms in total. The molecule has 116 valence electrons. The largest absolute Gasteiger partial charge is 0.480 e. The number of nitrogens with one attached hydrogen (secondary N) is 2. The molecule has 0 aromatic heterocycles. The highest BCUT2D eigenvalue weighted by Gasteiger charge is 2.18. The summed E-state index contributed by atoms with van der Waals surface area (Å²) in [5, 5.41) is 15.1. The first-order chi connectivity index (χ1) is 10.1. The predicted octanol–water partition coefficient (Wildman–Crippen LogP) is 1.61. The molecule has 1 atom stereocenters. The van der Waals surface area contributed by atoms with Crippen molar-refractivity contribution in [2.75, 3.05) is 19.0 Å². The van der Waals surface area contributed by atoms with Gasteiger partial charge in [-0.1, -0.05) is 12.1 Å². The molecule has 0 spiro atoms. The molecule has 0 radical (unpaired) electrons. The zero-order chi connectivity index (χ0) is 15.7. The van der Waals surface area contributed by atoms with Crippen LogP contribution in [0.5, 0.6) is 0 Å². The van der Waals surface area contributed by atoms with E-state index in [9.17, 15) is 9.59 Å². The van der Waals surface area contributed by atoms with Crippen LogP contribution in [0.1, 0.15) is 25.3 Å². The topological polar surface area (TPSA) is 87.7 Å². The highest BCUT2D eigenvalue weighted by atomic mass is 16.5. The third kappa shape index (κ3) is 6.27. The summed E-state index contributed by atoms with van der Waals surface area (Å²) in [6, 6.07) is 6.92. The summed E-state index contributed by atoms with van der Waals surface area (Å²) in [5.74, 6) is -1.34. The van der Waals surface area contributed by atoms with Crippen LogP contribution in [0.4, 0.5) is 5.69 Å². The third-order valence-electron chi connectivity index (χ3n) is 3.04. The second kappa shape index (κ2) is 8.97.